The lowest BCUT2D eigenvalue weighted by Gasteiger charge is -2.11. The lowest BCUT2D eigenvalue weighted by Crippen LogP contribution is -2.08. The van der Waals surface area contributed by atoms with Crippen LogP contribution in [0.3, 0.4) is 0 Å². The van der Waals surface area contributed by atoms with Crippen molar-refractivity contribution in [3.05, 3.63) is 28.2 Å². The summed E-state index contributed by atoms with van der Waals surface area (Å²) in [6, 6.07) is 6.04. The maximum Gasteiger partial charge on any atom is 0.133 e. The van der Waals surface area contributed by atoms with Crippen LogP contribution in [0.4, 0.5) is 0 Å². The first kappa shape index (κ1) is 10.5. The van der Waals surface area contributed by atoms with E-state index in [9.17, 15) is 0 Å². The smallest absolute Gasteiger partial charge is 0.133 e. The first-order valence-electron chi connectivity index (χ1n) is 4.28. The molecule has 72 valence electrons. The van der Waals surface area contributed by atoms with Gasteiger partial charge in [-0.05, 0) is 40.0 Å². The molecule has 0 amide bonds. The van der Waals surface area contributed by atoms with Gasteiger partial charge in [-0.25, -0.2) is 0 Å². The van der Waals surface area contributed by atoms with Gasteiger partial charge >= 0.3 is 0 Å². The van der Waals surface area contributed by atoms with Crippen molar-refractivity contribution in [3.63, 3.8) is 0 Å². The Balaban J connectivity index is 2.95. The second-order valence-electron chi connectivity index (χ2n) is 2.91. The van der Waals surface area contributed by atoms with E-state index in [4.69, 9.17) is 10.5 Å². The molecule has 0 radical (unpaired) electrons. The molecule has 2 N–H and O–H groups in total. The zero-order chi connectivity index (χ0) is 9.84. The number of halogens is 1. The van der Waals surface area contributed by atoms with E-state index in [-0.39, 0.29) is 6.04 Å². The molecule has 1 atom stereocenters. The van der Waals surface area contributed by atoms with Crippen molar-refractivity contribution in [1.82, 2.24) is 0 Å². The number of rotatable bonds is 3. The molecule has 13 heavy (non-hydrogen) atoms. The van der Waals surface area contributed by atoms with Crippen LogP contribution in [0, 0.1) is 0 Å². The van der Waals surface area contributed by atoms with Gasteiger partial charge in [-0.15, -0.1) is 0 Å². The highest BCUT2D eigenvalue weighted by molar-refractivity contribution is 9.10. The highest BCUT2D eigenvalue weighted by atomic mass is 79.9. The Hall–Kier alpha value is -0.540. The molecule has 0 bridgehead atoms. The summed E-state index contributed by atoms with van der Waals surface area (Å²) < 4.78 is 6.08. The maximum absolute atomic E-state index is 5.89. The Bertz CT molecular complexity index is 288. The van der Waals surface area contributed by atoms with Crippen LogP contribution in [0.25, 0.3) is 0 Å². The van der Waals surface area contributed by atoms with Crippen molar-refractivity contribution in [1.29, 1.82) is 0 Å². The van der Waals surface area contributed by atoms with Gasteiger partial charge in [-0.1, -0.05) is 13.0 Å². The van der Waals surface area contributed by atoms with E-state index >= 15 is 0 Å². The highest BCUT2D eigenvalue weighted by Crippen LogP contribution is 2.27. The van der Waals surface area contributed by atoms with Crippen LogP contribution < -0.4 is 10.5 Å². The minimum atomic E-state index is 0.113. The summed E-state index contributed by atoms with van der Waals surface area (Å²) in [7, 11) is 1.65. The minimum Gasteiger partial charge on any atom is -0.496 e. The monoisotopic (exact) mass is 243 g/mol. The molecule has 0 fully saturated rings. The van der Waals surface area contributed by atoms with Gasteiger partial charge in [0.2, 0.25) is 0 Å². The fraction of sp³-hybridized carbons (Fsp3) is 0.400. The van der Waals surface area contributed by atoms with Crippen molar-refractivity contribution in [2.75, 3.05) is 7.11 Å². The summed E-state index contributed by atoms with van der Waals surface area (Å²) in [5.41, 5.74) is 7.03. The predicted molar refractivity (Wildman–Crippen MR) is 57.9 cm³/mol. The molecule has 0 heterocycles. The van der Waals surface area contributed by atoms with Crippen LogP contribution >= 0.6 is 15.9 Å². The number of ether oxygens (including phenoxy) is 1. The molecule has 0 unspecified atom stereocenters. The Morgan fingerprint density at radius 1 is 1.54 bits per heavy atom. The van der Waals surface area contributed by atoms with Crippen LogP contribution in [0.2, 0.25) is 0 Å². The molecule has 1 aromatic carbocycles. The van der Waals surface area contributed by atoms with Gasteiger partial charge in [-0.2, -0.15) is 0 Å². The first-order chi connectivity index (χ1) is 6.19. The molecule has 0 aliphatic heterocycles. The van der Waals surface area contributed by atoms with Crippen molar-refractivity contribution < 1.29 is 4.74 Å². The molecule has 0 spiro atoms. The van der Waals surface area contributed by atoms with Crippen molar-refractivity contribution >= 4 is 15.9 Å². The fourth-order valence-electron chi connectivity index (χ4n) is 1.15. The number of benzene rings is 1. The maximum atomic E-state index is 5.89. The summed E-state index contributed by atoms with van der Waals surface area (Å²) >= 11 is 3.42. The second-order valence-corrected chi connectivity index (χ2v) is 3.76. The van der Waals surface area contributed by atoms with Gasteiger partial charge in [0, 0.05) is 6.04 Å². The van der Waals surface area contributed by atoms with E-state index in [1.54, 1.807) is 7.11 Å². The van der Waals surface area contributed by atoms with Gasteiger partial charge < -0.3 is 10.5 Å². The quantitative estimate of drug-likeness (QED) is 0.887. The van der Waals surface area contributed by atoms with E-state index in [0.717, 1.165) is 22.2 Å². The second kappa shape index (κ2) is 4.63. The van der Waals surface area contributed by atoms with Crippen LogP contribution in [0.15, 0.2) is 22.7 Å². The SMILES string of the molecule is CC[C@@H](N)c1ccc(OC)c(Br)c1. The molecule has 0 saturated carbocycles. The largest absolute Gasteiger partial charge is 0.496 e. The zero-order valence-electron chi connectivity index (χ0n) is 7.88. The van der Waals surface area contributed by atoms with Crippen LogP contribution in [0.1, 0.15) is 24.9 Å². The van der Waals surface area contributed by atoms with Gasteiger partial charge in [0.05, 0.1) is 11.6 Å². The Morgan fingerprint density at radius 2 is 2.23 bits per heavy atom. The molecular weight excluding hydrogens is 230 g/mol. The number of nitrogens with two attached hydrogens (primary N) is 1. The van der Waals surface area contributed by atoms with Crippen LogP contribution in [-0.4, -0.2) is 7.11 Å². The Morgan fingerprint density at radius 3 is 2.69 bits per heavy atom. The summed E-state index contributed by atoms with van der Waals surface area (Å²) in [4.78, 5) is 0. The van der Waals surface area contributed by atoms with E-state index in [1.165, 1.54) is 0 Å². The zero-order valence-corrected chi connectivity index (χ0v) is 9.47. The predicted octanol–water partition coefficient (Wildman–Crippen LogP) is 2.87. The average molecular weight is 244 g/mol. The summed E-state index contributed by atoms with van der Waals surface area (Å²) in [5, 5.41) is 0. The third-order valence-electron chi connectivity index (χ3n) is 2.04. The lowest BCUT2D eigenvalue weighted by atomic mass is 10.1. The third-order valence-corrected chi connectivity index (χ3v) is 2.66. The molecule has 1 rings (SSSR count). The third kappa shape index (κ3) is 2.45. The molecule has 2 nitrogen and oxygen atoms in total. The number of hydrogen-bond donors (Lipinski definition) is 1. The normalized spacial score (nSPS) is 12.6. The number of methoxy groups -OCH3 is 1. The first-order valence-corrected chi connectivity index (χ1v) is 5.07. The van der Waals surface area contributed by atoms with E-state index in [2.05, 4.69) is 22.9 Å². The standard InChI is InChI=1S/C10H14BrNO/c1-3-9(12)7-4-5-10(13-2)8(11)6-7/h4-6,9H,3,12H2,1-2H3/t9-/m1/s1. The number of hydrogen-bond acceptors (Lipinski definition) is 2. The minimum absolute atomic E-state index is 0.113. The molecule has 0 aliphatic rings. The average Bonchev–Trinajstić information content (AvgIpc) is 2.16. The Kier molecular flexibility index (Phi) is 3.75. The van der Waals surface area contributed by atoms with Crippen LogP contribution in [0.5, 0.6) is 5.75 Å². The van der Waals surface area contributed by atoms with Crippen molar-refractivity contribution in [3.8, 4) is 5.75 Å². The highest BCUT2D eigenvalue weighted by Gasteiger charge is 2.06. The van der Waals surface area contributed by atoms with Gasteiger partial charge in [0.15, 0.2) is 0 Å². The Labute approximate surface area is 87.2 Å². The molecule has 3 heteroatoms. The fourth-order valence-corrected chi connectivity index (χ4v) is 1.71. The van der Waals surface area contributed by atoms with Gasteiger partial charge in [-0.3, -0.25) is 0 Å². The van der Waals surface area contributed by atoms with Gasteiger partial charge in [0.25, 0.3) is 0 Å². The van der Waals surface area contributed by atoms with Crippen molar-refractivity contribution in [2.24, 2.45) is 5.73 Å². The molecule has 0 aromatic heterocycles. The summed E-state index contributed by atoms with van der Waals surface area (Å²) in [5.74, 6) is 0.840. The lowest BCUT2D eigenvalue weighted by molar-refractivity contribution is 0.412. The van der Waals surface area contributed by atoms with E-state index < -0.39 is 0 Å². The van der Waals surface area contributed by atoms with Crippen LogP contribution in [-0.2, 0) is 0 Å². The molecule has 0 aliphatic carbocycles. The topological polar surface area (TPSA) is 35.2 Å². The summed E-state index contributed by atoms with van der Waals surface area (Å²) in [6.45, 7) is 2.07. The molecule has 1 aromatic rings. The molecular formula is C10H14BrNO. The van der Waals surface area contributed by atoms with E-state index in [1.807, 2.05) is 18.2 Å². The van der Waals surface area contributed by atoms with E-state index in [0.29, 0.717) is 0 Å². The molecule has 0 saturated heterocycles. The van der Waals surface area contributed by atoms with Gasteiger partial charge in [0.1, 0.15) is 5.75 Å². The summed E-state index contributed by atoms with van der Waals surface area (Å²) in [6.07, 6.45) is 0.943. The van der Waals surface area contributed by atoms with Crippen molar-refractivity contribution in [2.45, 2.75) is 19.4 Å².